The van der Waals surface area contributed by atoms with Gasteiger partial charge < -0.3 is 10.2 Å². The van der Waals surface area contributed by atoms with Crippen molar-refractivity contribution in [1.29, 1.82) is 0 Å². The fraction of sp³-hybridized carbons (Fsp3) is 0.857. The molecule has 0 bridgehead atoms. The first-order valence-corrected chi connectivity index (χ1v) is 6.38. The minimum atomic E-state index is -0.541. The van der Waals surface area contributed by atoms with Crippen molar-refractivity contribution in [1.82, 2.24) is 0 Å². The molecule has 2 heteroatoms. The van der Waals surface area contributed by atoms with Crippen LogP contribution in [0.1, 0.15) is 46.5 Å². The average Bonchev–Trinajstić information content (AvgIpc) is 2.40. The quantitative estimate of drug-likeness (QED) is 0.672. The van der Waals surface area contributed by atoms with Gasteiger partial charge in [0.1, 0.15) is 0 Å². The lowest BCUT2D eigenvalue weighted by Gasteiger charge is -2.34. The molecular formula is C14H24O2. The number of fused-ring (bicyclic) bond motifs is 1. The van der Waals surface area contributed by atoms with Crippen LogP contribution in [0.3, 0.4) is 0 Å². The predicted molar refractivity (Wildman–Crippen MR) is 65.0 cm³/mol. The van der Waals surface area contributed by atoms with Gasteiger partial charge in [0, 0.05) is 0 Å². The van der Waals surface area contributed by atoms with Crippen LogP contribution in [0.15, 0.2) is 11.6 Å². The lowest BCUT2D eigenvalue weighted by molar-refractivity contribution is -0.00370. The molecule has 3 atom stereocenters. The summed E-state index contributed by atoms with van der Waals surface area (Å²) in [6, 6.07) is 0. The standard InChI is InChI=1S/C14H24O2/c1-13(2)6-4-10(9-15)11-5-7-14(3,16)12(11)8-13/h4,11-12,15-16H,5-9H2,1-3H3. The van der Waals surface area contributed by atoms with Gasteiger partial charge >= 0.3 is 0 Å². The molecular weight excluding hydrogens is 200 g/mol. The molecule has 0 amide bonds. The Morgan fingerprint density at radius 1 is 1.38 bits per heavy atom. The maximum atomic E-state index is 10.5. The molecule has 0 aromatic carbocycles. The van der Waals surface area contributed by atoms with E-state index in [9.17, 15) is 10.2 Å². The molecule has 2 N–H and O–H groups in total. The number of rotatable bonds is 1. The molecule has 2 rings (SSSR count). The summed E-state index contributed by atoms with van der Waals surface area (Å²) in [5.41, 5.74) is 0.864. The lowest BCUT2D eigenvalue weighted by atomic mass is 9.74. The highest BCUT2D eigenvalue weighted by molar-refractivity contribution is 5.17. The third kappa shape index (κ3) is 2.05. The summed E-state index contributed by atoms with van der Waals surface area (Å²) < 4.78 is 0. The van der Waals surface area contributed by atoms with Gasteiger partial charge in [0.15, 0.2) is 0 Å². The Bertz CT molecular complexity index is 302. The summed E-state index contributed by atoms with van der Waals surface area (Å²) in [5, 5.41) is 19.9. The number of aliphatic hydroxyl groups excluding tert-OH is 1. The molecule has 0 aromatic heterocycles. The Morgan fingerprint density at radius 3 is 2.69 bits per heavy atom. The number of hydrogen-bond donors (Lipinski definition) is 2. The van der Waals surface area contributed by atoms with Gasteiger partial charge in [-0.15, -0.1) is 0 Å². The van der Waals surface area contributed by atoms with Crippen LogP contribution in [0.25, 0.3) is 0 Å². The molecule has 0 saturated heterocycles. The lowest BCUT2D eigenvalue weighted by Crippen LogP contribution is -2.35. The van der Waals surface area contributed by atoms with E-state index in [0.717, 1.165) is 31.3 Å². The smallest absolute Gasteiger partial charge is 0.0654 e. The Labute approximate surface area is 98.4 Å². The Morgan fingerprint density at radius 2 is 2.06 bits per heavy atom. The van der Waals surface area contributed by atoms with Crippen LogP contribution in [0.4, 0.5) is 0 Å². The highest BCUT2D eigenvalue weighted by Gasteiger charge is 2.47. The first-order valence-electron chi connectivity index (χ1n) is 6.38. The maximum absolute atomic E-state index is 10.5. The molecule has 16 heavy (non-hydrogen) atoms. The zero-order valence-electron chi connectivity index (χ0n) is 10.7. The summed E-state index contributed by atoms with van der Waals surface area (Å²) >= 11 is 0. The molecule has 3 unspecified atom stereocenters. The average molecular weight is 224 g/mol. The predicted octanol–water partition coefficient (Wildman–Crippen LogP) is 2.50. The molecule has 2 aliphatic rings. The molecule has 2 nitrogen and oxygen atoms in total. The topological polar surface area (TPSA) is 40.5 Å². The fourth-order valence-corrected chi connectivity index (χ4v) is 3.49. The number of aliphatic hydroxyl groups is 2. The molecule has 0 radical (unpaired) electrons. The highest BCUT2D eigenvalue weighted by atomic mass is 16.3. The van der Waals surface area contributed by atoms with E-state index in [1.807, 2.05) is 6.92 Å². The second kappa shape index (κ2) is 3.85. The van der Waals surface area contributed by atoms with Crippen molar-refractivity contribution in [2.75, 3.05) is 6.61 Å². The maximum Gasteiger partial charge on any atom is 0.0654 e. The van der Waals surface area contributed by atoms with Crippen LogP contribution in [-0.2, 0) is 0 Å². The van der Waals surface area contributed by atoms with E-state index in [4.69, 9.17) is 0 Å². The van der Waals surface area contributed by atoms with E-state index in [-0.39, 0.29) is 12.0 Å². The molecule has 0 spiro atoms. The second-order valence-electron chi connectivity index (χ2n) is 6.62. The summed E-state index contributed by atoms with van der Waals surface area (Å²) in [6.07, 6.45) is 6.19. The molecule has 92 valence electrons. The molecule has 2 aliphatic carbocycles. The Kier molecular flexibility index (Phi) is 2.92. The second-order valence-corrected chi connectivity index (χ2v) is 6.62. The van der Waals surface area contributed by atoms with Crippen molar-refractivity contribution in [3.8, 4) is 0 Å². The highest BCUT2D eigenvalue weighted by Crippen LogP contribution is 2.51. The normalized spacial score (nSPS) is 42.4. The third-order valence-corrected chi connectivity index (χ3v) is 4.59. The van der Waals surface area contributed by atoms with Crippen LogP contribution in [0.2, 0.25) is 0 Å². The largest absolute Gasteiger partial charge is 0.392 e. The zero-order chi connectivity index (χ0) is 12.0. The molecule has 1 fully saturated rings. The van der Waals surface area contributed by atoms with Gasteiger partial charge in [0.25, 0.3) is 0 Å². The number of hydrogen-bond acceptors (Lipinski definition) is 2. The van der Waals surface area contributed by atoms with Crippen LogP contribution >= 0.6 is 0 Å². The molecule has 0 aliphatic heterocycles. The van der Waals surface area contributed by atoms with Gasteiger partial charge in [0.2, 0.25) is 0 Å². The van der Waals surface area contributed by atoms with Crippen LogP contribution in [-0.4, -0.2) is 22.4 Å². The van der Waals surface area contributed by atoms with Crippen molar-refractivity contribution in [2.24, 2.45) is 17.3 Å². The van der Waals surface area contributed by atoms with Crippen LogP contribution in [0.5, 0.6) is 0 Å². The van der Waals surface area contributed by atoms with Gasteiger partial charge in [-0.1, -0.05) is 19.9 Å². The van der Waals surface area contributed by atoms with Crippen LogP contribution in [0, 0.1) is 17.3 Å². The van der Waals surface area contributed by atoms with E-state index >= 15 is 0 Å². The molecule has 0 aromatic rings. The van der Waals surface area contributed by atoms with Crippen molar-refractivity contribution in [3.05, 3.63) is 11.6 Å². The van der Waals surface area contributed by atoms with Gasteiger partial charge in [-0.05, 0) is 55.4 Å². The van der Waals surface area contributed by atoms with Gasteiger partial charge in [0.05, 0.1) is 12.2 Å². The Hall–Kier alpha value is -0.340. The van der Waals surface area contributed by atoms with Crippen LogP contribution < -0.4 is 0 Å². The summed E-state index contributed by atoms with van der Waals surface area (Å²) in [5.74, 6) is 0.727. The van der Waals surface area contributed by atoms with Crippen molar-refractivity contribution in [3.63, 3.8) is 0 Å². The third-order valence-electron chi connectivity index (χ3n) is 4.59. The fourth-order valence-electron chi connectivity index (χ4n) is 3.49. The van der Waals surface area contributed by atoms with Gasteiger partial charge in [-0.3, -0.25) is 0 Å². The van der Waals surface area contributed by atoms with E-state index in [1.165, 1.54) is 0 Å². The summed E-state index contributed by atoms with van der Waals surface area (Å²) in [7, 11) is 0. The number of allylic oxidation sites excluding steroid dienone is 1. The minimum absolute atomic E-state index is 0.160. The molecule has 1 saturated carbocycles. The minimum Gasteiger partial charge on any atom is -0.392 e. The van der Waals surface area contributed by atoms with E-state index in [2.05, 4.69) is 19.9 Å². The summed E-state index contributed by atoms with van der Waals surface area (Å²) in [6.45, 7) is 6.64. The Balaban J connectivity index is 2.32. The SMILES string of the molecule is CC1(C)CC=C(CO)C2CCC(C)(O)C2C1. The van der Waals surface area contributed by atoms with E-state index < -0.39 is 5.60 Å². The van der Waals surface area contributed by atoms with Crippen molar-refractivity contribution < 1.29 is 10.2 Å². The van der Waals surface area contributed by atoms with E-state index in [0.29, 0.717) is 11.8 Å². The van der Waals surface area contributed by atoms with Gasteiger partial charge in [-0.2, -0.15) is 0 Å². The van der Waals surface area contributed by atoms with Crippen molar-refractivity contribution in [2.45, 2.75) is 52.1 Å². The molecule has 0 heterocycles. The zero-order valence-corrected chi connectivity index (χ0v) is 10.7. The van der Waals surface area contributed by atoms with Crippen molar-refractivity contribution >= 4 is 0 Å². The van der Waals surface area contributed by atoms with E-state index in [1.54, 1.807) is 0 Å². The first kappa shape index (κ1) is 12.1. The van der Waals surface area contributed by atoms with Gasteiger partial charge in [-0.25, -0.2) is 0 Å². The monoisotopic (exact) mass is 224 g/mol. The summed E-state index contributed by atoms with van der Waals surface area (Å²) in [4.78, 5) is 0. The first-order chi connectivity index (χ1) is 7.36.